The van der Waals surface area contributed by atoms with Gasteiger partial charge in [0.1, 0.15) is 23.4 Å². The fourth-order valence-corrected chi connectivity index (χ4v) is 10.0. The fraction of sp³-hybridized carbons (Fsp3) is 0.857. The number of hydrogen-bond acceptors (Lipinski definition) is 7. The third-order valence-corrected chi connectivity index (χ3v) is 12.6. The van der Waals surface area contributed by atoms with Crippen LogP contribution in [0.15, 0.2) is 12.2 Å². The van der Waals surface area contributed by atoms with Crippen molar-refractivity contribution in [2.45, 2.75) is 108 Å². The first-order valence-corrected chi connectivity index (χ1v) is 13.5. The van der Waals surface area contributed by atoms with Gasteiger partial charge in [0.15, 0.2) is 11.4 Å². The van der Waals surface area contributed by atoms with E-state index in [4.69, 9.17) is 14.2 Å². The molecule has 3 heterocycles. The summed E-state index contributed by atoms with van der Waals surface area (Å²) in [5.41, 5.74) is -3.81. The van der Waals surface area contributed by atoms with Crippen molar-refractivity contribution in [2.75, 3.05) is 0 Å². The van der Waals surface area contributed by atoms with E-state index < -0.39 is 28.3 Å². The van der Waals surface area contributed by atoms with E-state index >= 15 is 0 Å². The monoisotopic (exact) mass is 486 g/mol. The van der Waals surface area contributed by atoms with Gasteiger partial charge in [-0.1, -0.05) is 19.9 Å². The van der Waals surface area contributed by atoms with Crippen molar-refractivity contribution >= 4 is 11.8 Å². The summed E-state index contributed by atoms with van der Waals surface area (Å²) in [6.45, 7) is 10.1. The van der Waals surface area contributed by atoms with Gasteiger partial charge in [-0.15, -0.1) is 0 Å². The van der Waals surface area contributed by atoms with E-state index in [0.717, 1.165) is 12.8 Å². The summed E-state index contributed by atoms with van der Waals surface area (Å²) in [6, 6.07) is 0. The Morgan fingerprint density at radius 2 is 1.86 bits per heavy atom. The predicted molar refractivity (Wildman–Crippen MR) is 124 cm³/mol. The summed E-state index contributed by atoms with van der Waals surface area (Å²) in [7, 11) is 0. The summed E-state index contributed by atoms with van der Waals surface area (Å²) in [4.78, 5) is 26.0. The standard InChI is InChI=1S/C28H38O7/c1-13(17-12-24(2)27(5,35-24)23(31)33-17)14-8-9-15-20-16(11-19(30)25(14,15)3)26(4)18(29)7-6-10-28(26,32)22-21(20)34-22/h6-7,13-17,19-22,30,32H,8-12H2,1-5H3/t13-,14+,15-,16-,17+,19-,20-,21-,22-,24-,25+,26-,27+,28-/m0/s1. The van der Waals surface area contributed by atoms with Crippen LogP contribution >= 0.6 is 0 Å². The number of ketones is 1. The molecule has 0 spiro atoms. The molecule has 7 rings (SSSR count). The minimum Gasteiger partial charge on any atom is -0.460 e. The van der Waals surface area contributed by atoms with Crippen LogP contribution in [0.3, 0.4) is 0 Å². The first-order chi connectivity index (χ1) is 16.3. The van der Waals surface area contributed by atoms with Crippen LogP contribution in [0.5, 0.6) is 0 Å². The van der Waals surface area contributed by atoms with Gasteiger partial charge in [0.25, 0.3) is 0 Å². The second-order valence-corrected chi connectivity index (χ2v) is 13.6. The molecule has 3 saturated carbocycles. The lowest BCUT2D eigenvalue weighted by atomic mass is 9.43. The van der Waals surface area contributed by atoms with Crippen LogP contribution in [0.2, 0.25) is 0 Å². The van der Waals surface area contributed by atoms with Crippen molar-refractivity contribution in [3.05, 3.63) is 12.2 Å². The van der Waals surface area contributed by atoms with E-state index in [0.29, 0.717) is 19.3 Å². The summed E-state index contributed by atoms with van der Waals surface area (Å²) >= 11 is 0. The molecule has 0 amide bonds. The number of epoxide rings is 2. The van der Waals surface area contributed by atoms with Gasteiger partial charge in [0, 0.05) is 6.42 Å². The van der Waals surface area contributed by atoms with Crippen LogP contribution in [0, 0.1) is 40.4 Å². The van der Waals surface area contributed by atoms with Gasteiger partial charge in [0.2, 0.25) is 0 Å². The lowest BCUT2D eigenvalue weighted by Gasteiger charge is -2.61. The Morgan fingerprint density at radius 1 is 1.11 bits per heavy atom. The Morgan fingerprint density at radius 3 is 2.57 bits per heavy atom. The molecule has 0 aromatic carbocycles. The van der Waals surface area contributed by atoms with E-state index in [1.807, 2.05) is 20.8 Å². The highest BCUT2D eigenvalue weighted by atomic mass is 16.7. The number of hydrogen-bond donors (Lipinski definition) is 2. The molecule has 0 bridgehead atoms. The molecule has 7 heteroatoms. The third-order valence-electron chi connectivity index (χ3n) is 12.6. The van der Waals surface area contributed by atoms with Crippen LogP contribution < -0.4 is 0 Å². The number of allylic oxidation sites excluding steroid dienone is 1. The van der Waals surface area contributed by atoms with Crippen molar-refractivity contribution < 1.29 is 34.0 Å². The van der Waals surface area contributed by atoms with Crippen molar-refractivity contribution in [2.24, 2.45) is 40.4 Å². The summed E-state index contributed by atoms with van der Waals surface area (Å²) in [5.74, 6) is 0.151. The van der Waals surface area contributed by atoms with Crippen molar-refractivity contribution in [1.29, 1.82) is 0 Å². The zero-order chi connectivity index (χ0) is 24.9. The first kappa shape index (κ1) is 22.9. The van der Waals surface area contributed by atoms with Gasteiger partial charge in [-0.25, -0.2) is 4.79 Å². The molecule has 7 aliphatic rings. The Labute approximate surface area is 206 Å². The quantitative estimate of drug-likeness (QED) is 0.456. The van der Waals surface area contributed by atoms with E-state index in [9.17, 15) is 19.8 Å². The van der Waals surface area contributed by atoms with Crippen LogP contribution in [-0.2, 0) is 23.8 Å². The molecule has 3 aliphatic heterocycles. The van der Waals surface area contributed by atoms with E-state index in [2.05, 4.69) is 13.8 Å². The minimum atomic E-state index is -1.20. The zero-order valence-electron chi connectivity index (χ0n) is 21.3. The third kappa shape index (κ3) is 2.39. The molecule has 14 atom stereocenters. The predicted octanol–water partition coefficient (Wildman–Crippen LogP) is 2.56. The SMILES string of the molecule is C[C@@H]([C@H]1CC[C@H]2[C@@H]3[C@@H]4O[C@@H]4[C@@]4(O)CC=CC(=O)[C@]4(C)[C@H]3C[C@H](O)[C@]12C)[C@H]1C[C@]2(C)O[C@]2(C)C(=O)O1. The number of carbonyl (C=O) groups excluding carboxylic acids is 2. The molecular formula is C28H38O7. The Kier molecular flexibility index (Phi) is 4.18. The first-order valence-electron chi connectivity index (χ1n) is 13.5. The van der Waals surface area contributed by atoms with Gasteiger partial charge >= 0.3 is 5.97 Å². The van der Waals surface area contributed by atoms with E-state index in [1.165, 1.54) is 0 Å². The lowest BCUT2D eigenvalue weighted by molar-refractivity contribution is -0.202. The molecule has 2 N–H and O–H groups in total. The maximum absolute atomic E-state index is 13.3. The van der Waals surface area contributed by atoms with Gasteiger partial charge in [-0.2, -0.15) is 0 Å². The molecule has 0 aromatic heterocycles. The number of aliphatic hydroxyl groups is 2. The number of rotatable bonds is 2. The number of esters is 1. The average Bonchev–Trinajstić information content (AvgIpc) is 3.66. The van der Waals surface area contributed by atoms with E-state index in [1.54, 1.807) is 12.2 Å². The highest BCUT2D eigenvalue weighted by Gasteiger charge is 2.79. The molecule has 4 aliphatic carbocycles. The molecule has 35 heavy (non-hydrogen) atoms. The maximum atomic E-state index is 13.3. The zero-order valence-corrected chi connectivity index (χ0v) is 21.3. The highest BCUT2D eigenvalue weighted by molar-refractivity contribution is 5.97. The smallest absolute Gasteiger partial charge is 0.341 e. The Bertz CT molecular complexity index is 1060. The van der Waals surface area contributed by atoms with Crippen LogP contribution in [0.4, 0.5) is 0 Å². The van der Waals surface area contributed by atoms with Gasteiger partial charge in [-0.3, -0.25) is 4.79 Å². The van der Waals surface area contributed by atoms with Crippen LogP contribution in [0.25, 0.3) is 0 Å². The molecule has 192 valence electrons. The number of cyclic esters (lactones) is 1. The normalized spacial score (nSPS) is 62.6. The van der Waals surface area contributed by atoms with Crippen LogP contribution in [-0.4, -0.2) is 63.2 Å². The van der Waals surface area contributed by atoms with Crippen molar-refractivity contribution in [3.8, 4) is 0 Å². The Hall–Kier alpha value is -1.28. The number of ether oxygens (including phenoxy) is 3. The topological polar surface area (TPSA) is 109 Å². The molecular weight excluding hydrogens is 448 g/mol. The Balaban J connectivity index is 1.21. The summed E-state index contributed by atoms with van der Waals surface area (Å²) in [6.07, 6.45) is 5.65. The summed E-state index contributed by atoms with van der Waals surface area (Å²) in [5, 5.41) is 23.5. The molecule has 0 radical (unpaired) electrons. The van der Waals surface area contributed by atoms with Crippen molar-refractivity contribution in [1.82, 2.24) is 0 Å². The van der Waals surface area contributed by atoms with Crippen LogP contribution in [0.1, 0.15) is 66.7 Å². The lowest BCUT2D eigenvalue weighted by Crippen LogP contribution is -2.69. The van der Waals surface area contributed by atoms with Crippen molar-refractivity contribution in [3.63, 3.8) is 0 Å². The second-order valence-electron chi connectivity index (χ2n) is 13.6. The molecule has 7 nitrogen and oxygen atoms in total. The minimum absolute atomic E-state index is 0.0382. The second kappa shape index (κ2) is 6.40. The van der Waals surface area contributed by atoms with Gasteiger partial charge < -0.3 is 24.4 Å². The molecule has 0 unspecified atom stereocenters. The average molecular weight is 487 g/mol. The fourth-order valence-electron chi connectivity index (χ4n) is 10.0. The largest absolute Gasteiger partial charge is 0.460 e. The molecule has 3 saturated heterocycles. The number of carbonyl (C=O) groups is 2. The number of fused-ring (bicyclic) bond motifs is 9. The number of aliphatic hydroxyl groups excluding tert-OH is 1. The molecule has 6 fully saturated rings. The van der Waals surface area contributed by atoms with E-state index in [-0.39, 0.29) is 65.1 Å². The molecule has 0 aromatic rings. The maximum Gasteiger partial charge on any atom is 0.341 e. The van der Waals surface area contributed by atoms with Gasteiger partial charge in [-0.05, 0) is 87.5 Å². The highest BCUT2D eigenvalue weighted by Crippen LogP contribution is 2.72. The summed E-state index contributed by atoms with van der Waals surface area (Å²) < 4.78 is 18.0. The van der Waals surface area contributed by atoms with Gasteiger partial charge in [0.05, 0.1) is 17.6 Å².